The zero-order valence-electron chi connectivity index (χ0n) is 20.4. The van der Waals surface area contributed by atoms with E-state index in [9.17, 15) is 0 Å². The van der Waals surface area contributed by atoms with Crippen LogP contribution in [0.3, 0.4) is 0 Å². The van der Waals surface area contributed by atoms with Crippen molar-refractivity contribution >= 4 is 60.8 Å². The number of aryl methyl sites for hydroxylation is 2. The third-order valence-electron chi connectivity index (χ3n) is 7.97. The van der Waals surface area contributed by atoms with Crippen LogP contribution in [0.1, 0.15) is 11.1 Å². The number of nitrogens with zero attached hydrogens (tertiary/aromatic N) is 3. The van der Waals surface area contributed by atoms with Gasteiger partial charge < -0.3 is 14.2 Å². The average Bonchev–Trinajstić information content (AvgIpc) is 3.56. The topological polar surface area (TPSA) is 10.9 Å². The normalized spacial score (nSPS) is 13.6. The Hall–Kier alpha value is -4.50. The Morgan fingerprint density at radius 3 is 1.94 bits per heavy atom. The summed E-state index contributed by atoms with van der Waals surface area (Å²) in [6.07, 6.45) is 0. The molecular weight excluding hydrogens is 438 g/mol. The van der Waals surface area contributed by atoms with Crippen LogP contribution in [0.25, 0.3) is 38.1 Å². The SMILES string of the molecule is Cc1cccc(C)c1N1CN(c2ccc3c(c2)c2cccc4c5ccccc5n3c42)c2ccccc21. The highest BCUT2D eigenvalue weighted by Gasteiger charge is 2.29. The van der Waals surface area contributed by atoms with Crippen molar-refractivity contribution in [1.82, 2.24) is 4.40 Å². The van der Waals surface area contributed by atoms with Gasteiger partial charge in [-0.05, 0) is 61.4 Å². The largest absolute Gasteiger partial charge is 0.321 e. The van der Waals surface area contributed by atoms with Gasteiger partial charge in [0.1, 0.15) is 6.67 Å². The first-order chi connectivity index (χ1) is 17.7. The van der Waals surface area contributed by atoms with Gasteiger partial charge in [0.05, 0.1) is 27.9 Å². The first-order valence-corrected chi connectivity index (χ1v) is 12.6. The fourth-order valence-electron chi connectivity index (χ4n) is 6.45. The number of rotatable bonds is 2. The van der Waals surface area contributed by atoms with Crippen LogP contribution in [0, 0.1) is 13.8 Å². The molecule has 3 nitrogen and oxygen atoms in total. The second-order valence-corrected chi connectivity index (χ2v) is 9.98. The lowest BCUT2D eigenvalue weighted by atomic mass is 10.1. The summed E-state index contributed by atoms with van der Waals surface area (Å²) in [6.45, 7) is 5.22. The number of hydrogen-bond acceptors (Lipinski definition) is 2. The molecule has 0 amide bonds. The molecule has 1 aliphatic rings. The van der Waals surface area contributed by atoms with Crippen LogP contribution in [0.4, 0.5) is 22.7 Å². The molecule has 0 bridgehead atoms. The summed E-state index contributed by atoms with van der Waals surface area (Å²) in [7, 11) is 0. The van der Waals surface area contributed by atoms with Gasteiger partial charge >= 0.3 is 0 Å². The Labute approximate surface area is 209 Å². The van der Waals surface area contributed by atoms with Gasteiger partial charge in [0.15, 0.2) is 0 Å². The third kappa shape index (κ3) is 2.47. The molecule has 36 heavy (non-hydrogen) atoms. The first kappa shape index (κ1) is 19.8. The van der Waals surface area contributed by atoms with Crippen LogP contribution in [0.5, 0.6) is 0 Å². The predicted molar refractivity (Wildman–Crippen MR) is 153 cm³/mol. The van der Waals surface area contributed by atoms with E-state index in [-0.39, 0.29) is 0 Å². The highest BCUT2D eigenvalue weighted by molar-refractivity contribution is 6.23. The van der Waals surface area contributed by atoms with Crippen molar-refractivity contribution < 1.29 is 0 Å². The Morgan fingerprint density at radius 2 is 1.14 bits per heavy atom. The van der Waals surface area contributed by atoms with Gasteiger partial charge in [-0.25, -0.2) is 0 Å². The van der Waals surface area contributed by atoms with Gasteiger partial charge in [0.2, 0.25) is 0 Å². The first-order valence-electron chi connectivity index (χ1n) is 12.6. The predicted octanol–water partition coefficient (Wildman–Crippen LogP) is 8.70. The van der Waals surface area contributed by atoms with Gasteiger partial charge in [-0.15, -0.1) is 0 Å². The summed E-state index contributed by atoms with van der Waals surface area (Å²) >= 11 is 0. The van der Waals surface area contributed by atoms with E-state index in [0.29, 0.717) is 0 Å². The van der Waals surface area contributed by atoms with Crippen LogP contribution in [0.15, 0.2) is 103 Å². The van der Waals surface area contributed by atoms with E-state index in [2.05, 4.69) is 131 Å². The highest BCUT2D eigenvalue weighted by Crippen LogP contribution is 2.47. The number of para-hydroxylation sites is 5. The van der Waals surface area contributed by atoms with Crippen molar-refractivity contribution in [2.24, 2.45) is 0 Å². The van der Waals surface area contributed by atoms with Gasteiger partial charge in [0.25, 0.3) is 0 Å². The minimum absolute atomic E-state index is 0.795. The highest BCUT2D eigenvalue weighted by atomic mass is 15.4. The summed E-state index contributed by atoms with van der Waals surface area (Å²) in [4.78, 5) is 4.92. The number of fused-ring (bicyclic) bond motifs is 7. The van der Waals surface area contributed by atoms with Crippen molar-refractivity contribution in [2.45, 2.75) is 13.8 Å². The molecule has 0 aliphatic carbocycles. The smallest absolute Gasteiger partial charge is 0.100 e. The second kappa shape index (κ2) is 7.02. The zero-order valence-corrected chi connectivity index (χ0v) is 20.4. The van der Waals surface area contributed by atoms with E-state index < -0.39 is 0 Å². The Balaban J connectivity index is 1.35. The fourth-order valence-corrected chi connectivity index (χ4v) is 6.45. The summed E-state index contributed by atoms with van der Waals surface area (Å²) < 4.78 is 2.44. The molecule has 0 radical (unpaired) electrons. The maximum absolute atomic E-state index is 2.46. The molecule has 0 N–H and O–H groups in total. The summed E-state index contributed by atoms with van der Waals surface area (Å²) in [5.41, 5.74) is 11.5. The lowest BCUT2D eigenvalue weighted by molar-refractivity contribution is 0.981. The molecule has 0 fully saturated rings. The maximum Gasteiger partial charge on any atom is 0.100 e. The van der Waals surface area contributed by atoms with E-state index in [4.69, 9.17) is 0 Å². The molecule has 172 valence electrons. The number of anilines is 4. The van der Waals surface area contributed by atoms with Crippen LogP contribution < -0.4 is 9.80 Å². The Bertz CT molecular complexity index is 1940. The van der Waals surface area contributed by atoms with Crippen molar-refractivity contribution in [3.8, 4) is 0 Å². The van der Waals surface area contributed by atoms with E-state index in [0.717, 1.165) is 6.67 Å². The zero-order chi connectivity index (χ0) is 24.0. The monoisotopic (exact) mass is 463 g/mol. The molecular formula is C33H25N3. The molecule has 2 aromatic heterocycles. The molecule has 0 spiro atoms. The van der Waals surface area contributed by atoms with E-state index in [1.54, 1.807) is 0 Å². The van der Waals surface area contributed by atoms with Crippen molar-refractivity contribution in [3.63, 3.8) is 0 Å². The Morgan fingerprint density at radius 1 is 0.528 bits per heavy atom. The molecule has 8 rings (SSSR count). The number of aromatic nitrogens is 1. The molecule has 3 heterocycles. The minimum atomic E-state index is 0.795. The van der Waals surface area contributed by atoms with Crippen molar-refractivity contribution in [1.29, 1.82) is 0 Å². The number of hydrogen-bond donors (Lipinski definition) is 0. The average molecular weight is 464 g/mol. The Kier molecular flexibility index (Phi) is 3.85. The quantitative estimate of drug-likeness (QED) is 0.254. The molecule has 0 saturated heterocycles. The van der Waals surface area contributed by atoms with Gasteiger partial charge in [-0.3, -0.25) is 0 Å². The number of benzene rings is 5. The second-order valence-electron chi connectivity index (χ2n) is 9.98. The van der Waals surface area contributed by atoms with Gasteiger partial charge in [-0.1, -0.05) is 66.7 Å². The summed E-state index contributed by atoms with van der Waals surface area (Å²) in [6, 6.07) is 37.8. The summed E-state index contributed by atoms with van der Waals surface area (Å²) in [5.74, 6) is 0. The lowest BCUT2D eigenvalue weighted by Crippen LogP contribution is -2.25. The van der Waals surface area contributed by atoms with Crippen molar-refractivity contribution in [2.75, 3.05) is 16.5 Å². The molecule has 1 aliphatic heterocycles. The molecule has 5 aromatic carbocycles. The van der Waals surface area contributed by atoms with Crippen LogP contribution in [-0.4, -0.2) is 11.1 Å². The molecule has 7 aromatic rings. The molecule has 0 atom stereocenters. The lowest BCUT2D eigenvalue weighted by Gasteiger charge is -2.25. The van der Waals surface area contributed by atoms with Gasteiger partial charge in [-0.2, -0.15) is 0 Å². The molecule has 3 heteroatoms. The molecule has 0 unspecified atom stereocenters. The fraction of sp³-hybridized carbons (Fsp3) is 0.0909. The van der Waals surface area contributed by atoms with Gasteiger partial charge in [0, 0.05) is 32.9 Å². The minimum Gasteiger partial charge on any atom is -0.321 e. The molecule has 0 saturated carbocycles. The third-order valence-corrected chi connectivity index (χ3v) is 7.97. The maximum atomic E-state index is 2.46. The standard InChI is InChI=1S/C33H25N3/c1-21-9-7-10-22(2)32(21)35-20-34(30-15-5-6-16-31(30)35)23-17-18-29-27(19-23)26-13-8-12-25-24-11-3-4-14-28(24)36(29)33(25)26/h3-19H,20H2,1-2H3. The van der Waals surface area contributed by atoms with Crippen molar-refractivity contribution in [3.05, 3.63) is 114 Å². The van der Waals surface area contributed by atoms with E-state index in [1.807, 2.05) is 0 Å². The van der Waals surface area contributed by atoms with Crippen LogP contribution in [-0.2, 0) is 0 Å². The summed E-state index contributed by atoms with van der Waals surface area (Å²) in [5, 5.41) is 5.27. The van der Waals surface area contributed by atoms with E-state index in [1.165, 1.54) is 72.0 Å². The van der Waals surface area contributed by atoms with E-state index >= 15 is 0 Å². The van der Waals surface area contributed by atoms with Crippen LogP contribution in [0.2, 0.25) is 0 Å². The van der Waals surface area contributed by atoms with Crippen LogP contribution >= 0.6 is 0 Å².